The van der Waals surface area contributed by atoms with Gasteiger partial charge in [-0.2, -0.15) is 26.3 Å². The molecule has 1 aliphatic heterocycles. The Labute approximate surface area is 263 Å². The maximum atomic E-state index is 14.3. The zero-order valence-corrected chi connectivity index (χ0v) is 26.1. The number of fused-ring (bicyclic) bond motifs is 1. The van der Waals surface area contributed by atoms with Gasteiger partial charge in [-0.25, -0.2) is 4.79 Å². The number of carbonyl (C=O) groups is 2. The molecule has 0 saturated carbocycles. The first kappa shape index (κ1) is 35.3. The first-order valence-electron chi connectivity index (χ1n) is 14.9. The fourth-order valence-corrected chi connectivity index (χ4v) is 6.76. The molecule has 2 atom stereocenters. The molecule has 0 bridgehead atoms. The summed E-state index contributed by atoms with van der Waals surface area (Å²) in [4.78, 5) is 28.3. The third-order valence-corrected chi connectivity index (χ3v) is 8.98. The lowest BCUT2D eigenvalue weighted by Gasteiger charge is -2.42. The van der Waals surface area contributed by atoms with Gasteiger partial charge in [-0.05, 0) is 75.6 Å². The van der Waals surface area contributed by atoms with Crippen molar-refractivity contribution in [3.8, 4) is 11.5 Å². The van der Waals surface area contributed by atoms with E-state index < -0.39 is 68.2 Å². The number of amides is 1. The van der Waals surface area contributed by atoms with Crippen molar-refractivity contribution in [2.45, 2.75) is 63.0 Å². The predicted molar refractivity (Wildman–Crippen MR) is 157 cm³/mol. The van der Waals surface area contributed by atoms with Crippen LogP contribution in [-0.4, -0.2) is 93.1 Å². The third-order valence-electron chi connectivity index (χ3n) is 8.98. The van der Waals surface area contributed by atoms with Crippen molar-refractivity contribution in [2.75, 3.05) is 47.9 Å². The van der Waals surface area contributed by atoms with Gasteiger partial charge in [0.1, 0.15) is 23.0 Å². The minimum Gasteiger partial charge on any atom is -0.496 e. The zero-order valence-electron chi connectivity index (χ0n) is 26.1. The lowest BCUT2D eigenvalue weighted by atomic mass is 9.76. The van der Waals surface area contributed by atoms with Gasteiger partial charge in [0.25, 0.3) is 0 Å². The second-order valence-corrected chi connectivity index (χ2v) is 12.2. The number of alkyl halides is 6. The number of ether oxygens (including phenoxy) is 2. The van der Waals surface area contributed by atoms with Crippen LogP contribution >= 0.6 is 0 Å². The Morgan fingerprint density at radius 1 is 1.04 bits per heavy atom. The van der Waals surface area contributed by atoms with E-state index in [1.165, 1.54) is 0 Å². The van der Waals surface area contributed by atoms with Crippen LogP contribution in [0.5, 0.6) is 11.5 Å². The molecule has 14 heteroatoms. The van der Waals surface area contributed by atoms with Crippen LogP contribution in [0.25, 0.3) is 0 Å². The number of likely N-dealkylation sites (tertiary alicyclic amines) is 1. The van der Waals surface area contributed by atoms with Crippen LogP contribution in [0.2, 0.25) is 0 Å². The van der Waals surface area contributed by atoms with Gasteiger partial charge in [0.2, 0.25) is 5.91 Å². The maximum Gasteiger partial charge on any atom is 0.403 e. The first-order valence-corrected chi connectivity index (χ1v) is 14.9. The molecule has 2 aliphatic rings. The molecular weight excluding hydrogens is 620 g/mol. The van der Waals surface area contributed by atoms with Crippen molar-refractivity contribution in [3.63, 3.8) is 0 Å². The van der Waals surface area contributed by atoms with Crippen LogP contribution in [0.3, 0.4) is 0 Å². The number of benzene rings is 2. The van der Waals surface area contributed by atoms with Gasteiger partial charge in [0.05, 0.1) is 20.8 Å². The number of carboxylic acids is 1. The lowest BCUT2D eigenvalue weighted by Crippen LogP contribution is -2.59. The highest BCUT2D eigenvalue weighted by atomic mass is 19.4. The van der Waals surface area contributed by atoms with Crippen LogP contribution in [0.1, 0.15) is 53.0 Å². The minimum absolute atomic E-state index is 0.171. The van der Waals surface area contributed by atoms with Crippen LogP contribution < -0.4 is 14.8 Å². The molecule has 1 fully saturated rings. The van der Waals surface area contributed by atoms with Crippen LogP contribution in [0.15, 0.2) is 30.3 Å². The Balaban J connectivity index is 1.61. The Morgan fingerprint density at radius 3 is 2.26 bits per heavy atom. The minimum atomic E-state index is -5.09. The normalized spacial score (nSPS) is 19.1. The SMILES string of the molecule is COc1ccc(CN(C)C)c(OC)c1[C@@H]1CCc2c(C[C@H](NC(=O)C3(C(F)(F)F)CCN(CC(F)(F)F)CC3)C(=O)O)cccc21. The van der Waals surface area contributed by atoms with Crippen molar-refractivity contribution in [1.82, 2.24) is 15.1 Å². The van der Waals surface area contributed by atoms with E-state index in [2.05, 4.69) is 5.32 Å². The third kappa shape index (κ3) is 7.38. The number of hydrogen-bond acceptors (Lipinski definition) is 6. The largest absolute Gasteiger partial charge is 0.496 e. The molecule has 4 rings (SSSR count). The smallest absolute Gasteiger partial charge is 0.403 e. The molecule has 0 aromatic heterocycles. The number of rotatable bonds is 11. The van der Waals surface area contributed by atoms with Crippen molar-refractivity contribution >= 4 is 11.9 Å². The Morgan fingerprint density at radius 2 is 1.72 bits per heavy atom. The second-order valence-electron chi connectivity index (χ2n) is 12.2. The summed E-state index contributed by atoms with van der Waals surface area (Å²) in [6.07, 6.45) is -10.6. The molecule has 0 unspecified atom stereocenters. The Hall–Kier alpha value is -3.52. The van der Waals surface area contributed by atoms with Crippen LogP contribution in [0.4, 0.5) is 26.3 Å². The maximum absolute atomic E-state index is 14.3. The molecule has 1 aliphatic carbocycles. The predicted octanol–water partition coefficient (Wildman–Crippen LogP) is 5.16. The summed E-state index contributed by atoms with van der Waals surface area (Å²) in [7, 11) is 7.01. The van der Waals surface area contributed by atoms with Gasteiger partial charge in [-0.1, -0.05) is 24.3 Å². The highest BCUT2D eigenvalue weighted by Gasteiger charge is 2.61. The number of hydrogen-bond donors (Lipinski definition) is 2. The number of aliphatic carboxylic acids is 1. The number of piperidine rings is 1. The van der Waals surface area contributed by atoms with Gasteiger partial charge in [0.15, 0.2) is 0 Å². The van der Waals surface area contributed by atoms with Crippen LogP contribution in [0, 0.1) is 5.41 Å². The molecule has 1 amide bonds. The molecular formula is C32H39F6N3O5. The average Bonchev–Trinajstić information content (AvgIpc) is 3.39. The van der Waals surface area contributed by atoms with E-state index in [9.17, 15) is 41.0 Å². The highest BCUT2D eigenvalue weighted by molar-refractivity contribution is 5.88. The summed E-state index contributed by atoms with van der Waals surface area (Å²) in [6, 6.07) is 7.45. The molecule has 2 aromatic rings. The molecule has 0 radical (unpaired) electrons. The summed E-state index contributed by atoms with van der Waals surface area (Å²) < 4.78 is 93.0. The molecule has 46 heavy (non-hydrogen) atoms. The van der Waals surface area contributed by atoms with Crippen LogP contribution in [-0.2, 0) is 29.0 Å². The summed E-state index contributed by atoms with van der Waals surface area (Å²) in [5.74, 6) is -1.94. The van der Waals surface area contributed by atoms with Crippen molar-refractivity contribution < 1.29 is 50.5 Å². The fraction of sp³-hybridized carbons (Fsp3) is 0.562. The number of carbonyl (C=O) groups excluding carboxylic acids is 1. The quantitative estimate of drug-likeness (QED) is 0.322. The number of nitrogens with zero attached hydrogens (tertiary/aromatic N) is 2. The topological polar surface area (TPSA) is 91.3 Å². The molecule has 2 aromatic carbocycles. The van der Waals surface area contributed by atoms with E-state index in [-0.39, 0.29) is 12.3 Å². The van der Waals surface area contributed by atoms with Gasteiger partial charge in [-0.15, -0.1) is 0 Å². The summed E-state index contributed by atoms with van der Waals surface area (Å²) in [5.41, 5.74) is 1.08. The highest BCUT2D eigenvalue weighted by Crippen LogP contribution is 2.49. The summed E-state index contributed by atoms with van der Waals surface area (Å²) in [6.45, 7) is -2.00. The number of carboxylic acid groups (broad SMARTS) is 1. The van der Waals surface area contributed by atoms with E-state index in [1.807, 2.05) is 37.2 Å². The van der Waals surface area contributed by atoms with E-state index in [0.29, 0.717) is 36.4 Å². The Kier molecular flexibility index (Phi) is 10.5. The van der Waals surface area contributed by atoms with Crippen molar-refractivity contribution in [3.05, 3.63) is 58.1 Å². The molecule has 8 nitrogen and oxygen atoms in total. The summed E-state index contributed by atoms with van der Waals surface area (Å²) in [5, 5.41) is 12.1. The number of halogens is 6. The summed E-state index contributed by atoms with van der Waals surface area (Å²) >= 11 is 0. The fourth-order valence-electron chi connectivity index (χ4n) is 6.76. The van der Waals surface area contributed by atoms with Gasteiger partial charge in [-0.3, -0.25) is 9.69 Å². The van der Waals surface area contributed by atoms with E-state index in [4.69, 9.17) is 9.47 Å². The zero-order chi connectivity index (χ0) is 34.0. The molecule has 1 heterocycles. The monoisotopic (exact) mass is 659 g/mol. The Bertz CT molecular complexity index is 1420. The van der Waals surface area contributed by atoms with E-state index >= 15 is 0 Å². The standard InChI is InChI=1S/C32H39F6N3O5/c1-40(2)17-20-8-11-25(45-3)26(27(20)46-4)23-10-9-21-19(6-5-7-22(21)23)16-24(28(42)43)39-29(44)30(32(36,37)38)12-14-41(15-13-30)18-31(33,34)35/h5-8,11,23-24H,9-10,12-18H2,1-4H3,(H,39,44)(H,42,43)/t23-,24+/m1/s1. The van der Waals surface area contributed by atoms with Gasteiger partial charge < -0.3 is 24.8 Å². The molecule has 1 saturated heterocycles. The number of methoxy groups -OCH3 is 2. The molecule has 0 spiro atoms. The molecule has 2 N–H and O–H groups in total. The molecule has 254 valence electrons. The van der Waals surface area contributed by atoms with Gasteiger partial charge >= 0.3 is 18.3 Å². The first-order chi connectivity index (χ1) is 21.5. The van der Waals surface area contributed by atoms with Gasteiger partial charge in [0, 0.05) is 30.0 Å². The van der Waals surface area contributed by atoms with Crippen molar-refractivity contribution in [2.24, 2.45) is 5.41 Å². The average molecular weight is 660 g/mol. The number of nitrogens with one attached hydrogen (secondary N) is 1. The lowest BCUT2D eigenvalue weighted by molar-refractivity contribution is -0.236. The second kappa shape index (κ2) is 13.7. The van der Waals surface area contributed by atoms with E-state index in [0.717, 1.165) is 27.2 Å². The van der Waals surface area contributed by atoms with Crippen molar-refractivity contribution in [1.29, 1.82) is 0 Å². The van der Waals surface area contributed by atoms with E-state index in [1.54, 1.807) is 26.4 Å².